The Morgan fingerprint density at radius 1 is 1.32 bits per heavy atom. The first-order chi connectivity index (χ1) is 9.22. The van der Waals surface area contributed by atoms with E-state index in [4.69, 9.17) is 0 Å². The van der Waals surface area contributed by atoms with Gasteiger partial charge < -0.3 is 5.32 Å². The zero-order valence-corrected chi connectivity index (χ0v) is 12.6. The van der Waals surface area contributed by atoms with E-state index in [1.807, 2.05) is 0 Å². The highest BCUT2D eigenvalue weighted by Crippen LogP contribution is 2.31. The average Bonchev–Trinajstić information content (AvgIpc) is 2.79. The molecule has 19 heavy (non-hydrogen) atoms. The molecule has 1 aliphatic rings. The van der Waals surface area contributed by atoms with Crippen LogP contribution in [0.5, 0.6) is 0 Å². The van der Waals surface area contributed by atoms with Gasteiger partial charge in [-0.05, 0) is 42.9 Å². The molecule has 1 fully saturated rings. The molecule has 2 unspecified atom stereocenters. The van der Waals surface area contributed by atoms with Gasteiger partial charge in [-0.15, -0.1) is 0 Å². The molecule has 1 N–H and O–H groups in total. The van der Waals surface area contributed by atoms with E-state index in [1.54, 1.807) is 11.3 Å². The van der Waals surface area contributed by atoms with Gasteiger partial charge in [-0.1, -0.05) is 43.6 Å². The van der Waals surface area contributed by atoms with Crippen molar-refractivity contribution in [1.82, 2.24) is 4.98 Å². The molecule has 0 bridgehead atoms. The predicted molar refractivity (Wildman–Crippen MR) is 84.0 cm³/mol. The highest BCUT2D eigenvalue weighted by Gasteiger charge is 2.21. The predicted octanol–water partition coefficient (Wildman–Crippen LogP) is 4.84. The fraction of sp³-hybridized carbons (Fsp3) is 0.562. The Kier molecular flexibility index (Phi) is 3.74. The van der Waals surface area contributed by atoms with Crippen LogP contribution in [0.15, 0.2) is 18.2 Å². The number of rotatable bonds is 3. The van der Waals surface area contributed by atoms with Gasteiger partial charge in [0, 0.05) is 6.54 Å². The van der Waals surface area contributed by atoms with Gasteiger partial charge in [-0.25, -0.2) is 4.98 Å². The topological polar surface area (TPSA) is 24.9 Å². The maximum Gasteiger partial charge on any atom is 0.183 e. The number of hydrogen-bond donors (Lipinski definition) is 1. The summed E-state index contributed by atoms with van der Waals surface area (Å²) in [6, 6.07) is 6.48. The molecular formula is C16H22N2S. The van der Waals surface area contributed by atoms with Crippen molar-refractivity contribution < 1.29 is 0 Å². The number of benzene rings is 1. The summed E-state index contributed by atoms with van der Waals surface area (Å²) in [6.45, 7) is 5.61. The van der Waals surface area contributed by atoms with Gasteiger partial charge in [0.05, 0.1) is 10.2 Å². The van der Waals surface area contributed by atoms with Crippen LogP contribution >= 0.6 is 11.3 Å². The van der Waals surface area contributed by atoms with Crippen LogP contribution in [0, 0.1) is 18.8 Å². The first-order valence-electron chi connectivity index (χ1n) is 7.33. The van der Waals surface area contributed by atoms with E-state index >= 15 is 0 Å². The lowest BCUT2D eigenvalue weighted by Gasteiger charge is -2.28. The summed E-state index contributed by atoms with van der Waals surface area (Å²) in [5, 5.41) is 4.64. The Hall–Kier alpha value is -1.09. The van der Waals surface area contributed by atoms with E-state index in [1.165, 1.54) is 35.9 Å². The van der Waals surface area contributed by atoms with Gasteiger partial charge in [0.15, 0.2) is 5.13 Å². The number of nitrogens with one attached hydrogen (secondary N) is 1. The third kappa shape index (κ3) is 2.92. The molecule has 0 radical (unpaired) electrons. The van der Waals surface area contributed by atoms with Crippen molar-refractivity contribution in [1.29, 1.82) is 0 Å². The van der Waals surface area contributed by atoms with Crippen molar-refractivity contribution >= 4 is 26.7 Å². The third-order valence-corrected chi connectivity index (χ3v) is 5.32. The van der Waals surface area contributed by atoms with E-state index in [2.05, 4.69) is 42.3 Å². The molecule has 1 saturated carbocycles. The summed E-state index contributed by atoms with van der Waals surface area (Å²) >= 11 is 1.78. The molecule has 1 aromatic heterocycles. The number of aryl methyl sites for hydroxylation is 1. The van der Waals surface area contributed by atoms with Crippen LogP contribution in [0.3, 0.4) is 0 Å². The molecule has 0 amide bonds. The zero-order valence-electron chi connectivity index (χ0n) is 11.8. The lowest BCUT2D eigenvalue weighted by Crippen LogP contribution is -2.24. The maximum atomic E-state index is 4.67. The highest BCUT2D eigenvalue weighted by atomic mass is 32.1. The van der Waals surface area contributed by atoms with E-state index in [-0.39, 0.29) is 0 Å². The largest absolute Gasteiger partial charge is 0.361 e. The summed E-state index contributed by atoms with van der Waals surface area (Å²) in [7, 11) is 0. The summed E-state index contributed by atoms with van der Waals surface area (Å²) in [4.78, 5) is 4.67. The van der Waals surface area contributed by atoms with Crippen molar-refractivity contribution in [3.05, 3.63) is 23.8 Å². The monoisotopic (exact) mass is 274 g/mol. The molecule has 0 spiro atoms. The molecule has 0 saturated heterocycles. The minimum atomic E-state index is 0.822. The molecule has 3 rings (SSSR count). The molecule has 2 atom stereocenters. The van der Waals surface area contributed by atoms with Crippen LogP contribution in [0.1, 0.15) is 38.2 Å². The lowest BCUT2D eigenvalue weighted by atomic mass is 9.80. The molecular weight excluding hydrogens is 252 g/mol. The van der Waals surface area contributed by atoms with Gasteiger partial charge >= 0.3 is 0 Å². The molecule has 2 nitrogen and oxygen atoms in total. The molecule has 1 aromatic carbocycles. The van der Waals surface area contributed by atoms with Gasteiger partial charge in [0.25, 0.3) is 0 Å². The van der Waals surface area contributed by atoms with E-state index < -0.39 is 0 Å². The summed E-state index contributed by atoms with van der Waals surface area (Å²) in [5.41, 5.74) is 2.43. The summed E-state index contributed by atoms with van der Waals surface area (Å²) in [5.74, 6) is 1.68. The first-order valence-corrected chi connectivity index (χ1v) is 8.15. The van der Waals surface area contributed by atoms with Gasteiger partial charge in [-0.3, -0.25) is 0 Å². The van der Waals surface area contributed by atoms with E-state index in [0.29, 0.717) is 0 Å². The van der Waals surface area contributed by atoms with Crippen molar-refractivity contribution in [3.8, 4) is 0 Å². The van der Waals surface area contributed by atoms with Crippen molar-refractivity contribution in [2.24, 2.45) is 11.8 Å². The fourth-order valence-corrected chi connectivity index (χ4v) is 3.99. The third-order valence-electron chi connectivity index (χ3n) is 4.35. The van der Waals surface area contributed by atoms with Crippen molar-refractivity contribution in [2.75, 3.05) is 11.9 Å². The van der Waals surface area contributed by atoms with Gasteiger partial charge in [0.2, 0.25) is 0 Å². The zero-order chi connectivity index (χ0) is 13.2. The number of aromatic nitrogens is 1. The Labute approximate surface area is 119 Å². The van der Waals surface area contributed by atoms with Crippen molar-refractivity contribution in [2.45, 2.75) is 39.5 Å². The van der Waals surface area contributed by atoms with Crippen LogP contribution in [0.25, 0.3) is 10.2 Å². The van der Waals surface area contributed by atoms with Crippen LogP contribution in [0.2, 0.25) is 0 Å². The lowest BCUT2D eigenvalue weighted by molar-refractivity contribution is 0.268. The maximum absolute atomic E-state index is 4.67. The van der Waals surface area contributed by atoms with Crippen LogP contribution in [-0.4, -0.2) is 11.5 Å². The Morgan fingerprint density at radius 2 is 2.16 bits per heavy atom. The summed E-state index contributed by atoms with van der Waals surface area (Å²) < 4.78 is 1.29. The van der Waals surface area contributed by atoms with E-state index in [0.717, 1.165) is 29.0 Å². The quantitative estimate of drug-likeness (QED) is 0.866. The molecule has 3 heteroatoms. The Bertz CT molecular complexity index is 561. The second-order valence-corrected chi connectivity index (χ2v) is 6.92. The van der Waals surface area contributed by atoms with E-state index in [9.17, 15) is 0 Å². The number of nitrogens with zero attached hydrogens (tertiary/aromatic N) is 1. The van der Waals surface area contributed by atoms with Crippen LogP contribution in [0.4, 0.5) is 5.13 Å². The second kappa shape index (κ2) is 5.49. The molecule has 102 valence electrons. The number of fused-ring (bicyclic) bond motifs is 1. The van der Waals surface area contributed by atoms with Crippen molar-refractivity contribution in [3.63, 3.8) is 0 Å². The number of anilines is 1. The van der Waals surface area contributed by atoms with Crippen LogP contribution in [-0.2, 0) is 0 Å². The minimum absolute atomic E-state index is 0.822. The molecule has 1 heterocycles. The fourth-order valence-electron chi connectivity index (χ4n) is 3.02. The van der Waals surface area contributed by atoms with Gasteiger partial charge in [-0.2, -0.15) is 0 Å². The molecule has 2 aromatic rings. The average molecular weight is 274 g/mol. The number of hydrogen-bond acceptors (Lipinski definition) is 3. The Morgan fingerprint density at radius 3 is 3.00 bits per heavy atom. The molecule has 1 aliphatic carbocycles. The normalized spacial score (nSPS) is 23.7. The Balaban J connectivity index is 1.68. The second-order valence-electron chi connectivity index (χ2n) is 5.89. The van der Waals surface area contributed by atoms with Crippen LogP contribution < -0.4 is 5.32 Å². The highest BCUT2D eigenvalue weighted by molar-refractivity contribution is 7.22. The SMILES string of the molecule is Cc1ccc2nc(NCC3CCCCC3C)sc2c1. The summed E-state index contributed by atoms with van der Waals surface area (Å²) in [6.07, 6.45) is 5.58. The minimum Gasteiger partial charge on any atom is -0.361 e. The molecule has 0 aliphatic heterocycles. The standard InChI is InChI=1S/C16H22N2S/c1-11-7-8-14-15(9-11)19-16(18-14)17-10-13-6-4-3-5-12(13)2/h7-9,12-13H,3-6,10H2,1-2H3,(H,17,18). The van der Waals surface area contributed by atoms with Gasteiger partial charge in [0.1, 0.15) is 0 Å². The first kappa shape index (κ1) is 12.9. The smallest absolute Gasteiger partial charge is 0.183 e. The number of thiazole rings is 1.